The van der Waals surface area contributed by atoms with Crippen LogP contribution in [0.1, 0.15) is 47.2 Å². The molecule has 0 N–H and O–H groups in total. The summed E-state index contributed by atoms with van der Waals surface area (Å²) in [5.74, 6) is 0.952. The van der Waals surface area contributed by atoms with Gasteiger partial charge in [-0.05, 0) is 32.3 Å². The van der Waals surface area contributed by atoms with E-state index in [0.29, 0.717) is 32.6 Å². The number of ether oxygens (including phenoxy) is 1. The predicted octanol–water partition coefficient (Wildman–Crippen LogP) is 3.01. The van der Waals surface area contributed by atoms with Crippen molar-refractivity contribution in [2.45, 2.75) is 52.4 Å². The van der Waals surface area contributed by atoms with Crippen LogP contribution in [0.3, 0.4) is 0 Å². The number of aromatic nitrogens is 4. The van der Waals surface area contributed by atoms with Gasteiger partial charge in [-0.25, -0.2) is 4.68 Å². The van der Waals surface area contributed by atoms with E-state index in [0.717, 1.165) is 41.2 Å². The van der Waals surface area contributed by atoms with E-state index in [1.54, 1.807) is 0 Å². The number of nitrogens with zero attached hydrogens (tertiary/aromatic N) is 5. The van der Waals surface area contributed by atoms with Gasteiger partial charge in [-0.15, -0.1) is 5.10 Å². The van der Waals surface area contributed by atoms with Crippen LogP contribution < -0.4 is 0 Å². The number of benzene rings is 1. The summed E-state index contributed by atoms with van der Waals surface area (Å²) in [6, 6.07) is 10.2. The van der Waals surface area contributed by atoms with Crippen LogP contribution in [0.2, 0.25) is 0 Å². The summed E-state index contributed by atoms with van der Waals surface area (Å²) in [5.41, 5.74) is 3.83. The van der Waals surface area contributed by atoms with E-state index < -0.39 is 0 Å². The van der Waals surface area contributed by atoms with E-state index in [2.05, 4.69) is 15.5 Å². The first kappa shape index (κ1) is 20.3. The van der Waals surface area contributed by atoms with Crippen molar-refractivity contribution in [1.82, 2.24) is 25.1 Å². The van der Waals surface area contributed by atoms with Crippen LogP contribution in [0.15, 0.2) is 41.1 Å². The van der Waals surface area contributed by atoms with Crippen LogP contribution in [-0.2, 0) is 29.2 Å². The van der Waals surface area contributed by atoms with Crippen LogP contribution in [0.4, 0.5) is 0 Å². The first-order valence-corrected chi connectivity index (χ1v) is 10.3. The summed E-state index contributed by atoms with van der Waals surface area (Å²) in [5, 5.41) is 12.4. The number of amides is 1. The zero-order valence-corrected chi connectivity index (χ0v) is 17.5. The van der Waals surface area contributed by atoms with Crippen molar-refractivity contribution in [2.24, 2.45) is 0 Å². The van der Waals surface area contributed by atoms with Gasteiger partial charge in [0.05, 0.1) is 31.1 Å². The Morgan fingerprint density at radius 3 is 2.83 bits per heavy atom. The van der Waals surface area contributed by atoms with Gasteiger partial charge < -0.3 is 14.2 Å². The average Bonchev–Trinajstić information content (AvgIpc) is 3.48. The highest BCUT2D eigenvalue weighted by molar-refractivity contribution is 5.76. The molecule has 8 heteroatoms. The maximum atomic E-state index is 12.6. The van der Waals surface area contributed by atoms with E-state index in [1.165, 1.54) is 0 Å². The first-order chi connectivity index (χ1) is 14.6. The quantitative estimate of drug-likeness (QED) is 0.568. The van der Waals surface area contributed by atoms with Crippen molar-refractivity contribution in [3.05, 3.63) is 64.8 Å². The second-order valence-electron chi connectivity index (χ2n) is 7.75. The summed E-state index contributed by atoms with van der Waals surface area (Å²) < 4.78 is 12.8. The molecule has 1 amide bonds. The molecule has 158 valence electrons. The fraction of sp³-hybridized carbons (Fsp3) is 0.455. The molecule has 30 heavy (non-hydrogen) atoms. The Morgan fingerprint density at radius 2 is 2.07 bits per heavy atom. The minimum absolute atomic E-state index is 0.156. The molecule has 1 aliphatic rings. The Hall–Kier alpha value is -3.00. The normalized spacial score (nSPS) is 16.3. The third kappa shape index (κ3) is 4.76. The van der Waals surface area contributed by atoms with Gasteiger partial charge in [0.15, 0.2) is 0 Å². The molecule has 1 atom stereocenters. The van der Waals surface area contributed by atoms with Crippen LogP contribution in [0, 0.1) is 13.8 Å². The molecule has 3 heterocycles. The lowest BCUT2D eigenvalue weighted by molar-refractivity contribution is -0.130. The van der Waals surface area contributed by atoms with Crippen molar-refractivity contribution < 1.29 is 14.1 Å². The minimum atomic E-state index is 0.156. The van der Waals surface area contributed by atoms with E-state index in [-0.39, 0.29) is 11.9 Å². The van der Waals surface area contributed by atoms with Crippen molar-refractivity contribution in [3.63, 3.8) is 0 Å². The lowest BCUT2D eigenvalue weighted by atomic mass is 10.1. The van der Waals surface area contributed by atoms with E-state index >= 15 is 0 Å². The SMILES string of the molecule is Cc1noc(C)c1CCC(=O)N1CCC(n2cc(COCc3ccccc3)nn2)C1. The Kier molecular flexibility index (Phi) is 6.23. The highest BCUT2D eigenvalue weighted by atomic mass is 16.5. The van der Waals surface area contributed by atoms with Crippen LogP contribution >= 0.6 is 0 Å². The van der Waals surface area contributed by atoms with E-state index in [4.69, 9.17) is 9.26 Å². The molecular weight excluding hydrogens is 382 g/mol. The average molecular weight is 409 g/mol. The van der Waals surface area contributed by atoms with Gasteiger partial charge in [-0.2, -0.15) is 0 Å². The Bertz CT molecular complexity index is 962. The van der Waals surface area contributed by atoms with Crippen molar-refractivity contribution in [1.29, 1.82) is 0 Å². The van der Waals surface area contributed by atoms with E-state index in [1.807, 2.05) is 60.0 Å². The zero-order valence-electron chi connectivity index (χ0n) is 17.5. The second-order valence-corrected chi connectivity index (χ2v) is 7.75. The van der Waals surface area contributed by atoms with Crippen LogP contribution in [0.5, 0.6) is 0 Å². The molecule has 1 fully saturated rings. The molecule has 1 aromatic carbocycles. The number of rotatable bonds is 8. The van der Waals surface area contributed by atoms with Crippen molar-refractivity contribution >= 4 is 5.91 Å². The molecule has 2 aromatic heterocycles. The van der Waals surface area contributed by atoms with Crippen LogP contribution in [0.25, 0.3) is 0 Å². The monoisotopic (exact) mass is 409 g/mol. The third-order valence-corrected chi connectivity index (χ3v) is 5.58. The fourth-order valence-electron chi connectivity index (χ4n) is 3.84. The highest BCUT2D eigenvalue weighted by Crippen LogP contribution is 2.23. The Labute approximate surface area is 175 Å². The lowest BCUT2D eigenvalue weighted by Gasteiger charge is -2.16. The molecule has 0 spiro atoms. The van der Waals surface area contributed by atoms with Crippen molar-refractivity contribution in [3.8, 4) is 0 Å². The maximum absolute atomic E-state index is 12.6. The number of hydrogen-bond donors (Lipinski definition) is 0. The van der Waals surface area contributed by atoms with Gasteiger partial charge in [0, 0.05) is 25.1 Å². The smallest absolute Gasteiger partial charge is 0.222 e. The summed E-state index contributed by atoms with van der Waals surface area (Å²) in [6.07, 6.45) is 3.93. The molecule has 1 aliphatic heterocycles. The summed E-state index contributed by atoms with van der Waals surface area (Å²) >= 11 is 0. The molecule has 0 radical (unpaired) electrons. The van der Waals surface area contributed by atoms with Crippen molar-refractivity contribution in [2.75, 3.05) is 13.1 Å². The number of hydrogen-bond acceptors (Lipinski definition) is 6. The highest BCUT2D eigenvalue weighted by Gasteiger charge is 2.28. The second kappa shape index (κ2) is 9.21. The fourth-order valence-corrected chi connectivity index (χ4v) is 3.84. The third-order valence-electron chi connectivity index (χ3n) is 5.58. The number of aryl methyl sites for hydroxylation is 2. The van der Waals surface area contributed by atoms with Gasteiger partial charge in [0.1, 0.15) is 11.5 Å². The standard InChI is InChI=1S/C22H27N5O3/c1-16-21(17(2)30-24-16)8-9-22(28)26-11-10-20(13-26)27-12-19(23-25-27)15-29-14-18-6-4-3-5-7-18/h3-7,12,20H,8-11,13-15H2,1-2H3. The Balaban J connectivity index is 1.24. The summed E-state index contributed by atoms with van der Waals surface area (Å²) in [4.78, 5) is 14.5. The van der Waals surface area contributed by atoms with Gasteiger partial charge in [0.25, 0.3) is 0 Å². The van der Waals surface area contributed by atoms with E-state index in [9.17, 15) is 4.79 Å². The Morgan fingerprint density at radius 1 is 1.23 bits per heavy atom. The molecule has 8 nitrogen and oxygen atoms in total. The molecule has 0 aliphatic carbocycles. The number of carbonyl (C=O) groups excluding carboxylic acids is 1. The largest absolute Gasteiger partial charge is 0.370 e. The van der Waals surface area contributed by atoms with Gasteiger partial charge >= 0.3 is 0 Å². The molecule has 0 bridgehead atoms. The molecule has 0 saturated carbocycles. The van der Waals surface area contributed by atoms with Gasteiger partial charge in [-0.3, -0.25) is 4.79 Å². The predicted molar refractivity (Wildman–Crippen MR) is 109 cm³/mol. The summed E-state index contributed by atoms with van der Waals surface area (Å²) in [6.45, 7) is 6.16. The minimum Gasteiger partial charge on any atom is -0.370 e. The summed E-state index contributed by atoms with van der Waals surface area (Å²) in [7, 11) is 0. The first-order valence-electron chi connectivity index (χ1n) is 10.3. The lowest BCUT2D eigenvalue weighted by Crippen LogP contribution is -2.29. The topological polar surface area (TPSA) is 86.3 Å². The molecule has 4 rings (SSSR count). The molecule has 1 unspecified atom stereocenters. The van der Waals surface area contributed by atoms with Gasteiger partial charge in [-0.1, -0.05) is 40.7 Å². The molecule has 3 aromatic rings. The maximum Gasteiger partial charge on any atom is 0.222 e. The zero-order chi connectivity index (χ0) is 20.9. The number of likely N-dealkylation sites (tertiary alicyclic amines) is 1. The molecule has 1 saturated heterocycles. The number of carbonyl (C=O) groups is 1. The van der Waals surface area contributed by atoms with Gasteiger partial charge in [0.2, 0.25) is 5.91 Å². The van der Waals surface area contributed by atoms with Crippen LogP contribution in [-0.4, -0.2) is 44.0 Å². The molecular formula is C22H27N5O3.